The number of nitrogens with zero attached hydrogens (tertiary/aromatic N) is 2. The summed E-state index contributed by atoms with van der Waals surface area (Å²) in [5, 5.41) is 1.13. The maximum Gasteiger partial charge on any atom is 0.249 e. The van der Waals surface area contributed by atoms with Crippen LogP contribution in [0.4, 0.5) is 4.39 Å². The monoisotopic (exact) mass is 439 g/mol. The molecule has 7 heteroatoms. The van der Waals surface area contributed by atoms with E-state index in [9.17, 15) is 14.0 Å². The molecule has 1 N–H and O–H groups in total. The van der Waals surface area contributed by atoms with Gasteiger partial charge in [0.2, 0.25) is 11.8 Å². The van der Waals surface area contributed by atoms with Crippen molar-refractivity contribution < 1.29 is 18.7 Å². The molecule has 3 rings (SSSR count). The van der Waals surface area contributed by atoms with E-state index in [4.69, 9.17) is 4.74 Å². The van der Waals surface area contributed by atoms with Crippen molar-refractivity contribution in [3.8, 4) is 0 Å². The molecule has 2 amide bonds. The number of ether oxygens (including phenoxy) is 1. The number of aromatic nitrogens is 1. The van der Waals surface area contributed by atoms with Gasteiger partial charge in [-0.25, -0.2) is 4.39 Å². The highest BCUT2D eigenvalue weighted by molar-refractivity contribution is 5.86. The number of hydrogen-bond donors (Lipinski definition) is 1. The third-order valence-electron chi connectivity index (χ3n) is 5.48. The molecule has 6 nitrogen and oxygen atoms in total. The Bertz CT molecular complexity index is 1050. The molecule has 0 saturated heterocycles. The summed E-state index contributed by atoms with van der Waals surface area (Å²) in [4.78, 5) is 32.2. The Morgan fingerprint density at radius 3 is 2.47 bits per heavy atom. The van der Waals surface area contributed by atoms with Crippen molar-refractivity contribution in [1.82, 2.24) is 14.8 Å². The van der Waals surface area contributed by atoms with E-state index in [-0.39, 0.29) is 36.8 Å². The number of fused-ring (bicyclic) bond motifs is 1. The predicted octanol–water partition coefficient (Wildman–Crippen LogP) is 3.76. The van der Waals surface area contributed by atoms with E-state index in [0.29, 0.717) is 19.5 Å². The average Bonchev–Trinajstić information content (AvgIpc) is 3.19. The number of carbonyl (C=O) groups is 2. The van der Waals surface area contributed by atoms with Gasteiger partial charge in [0.15, 0.2) is 0 Å². The average molecular weight is 440 g/mol. The smallest absolute Gasteiger partial charge is 0.249 e. The quantitative estimate of drug-likeness (QED) is 0.523. The lowest BCUT2D eigenvalue weighted by Crippen LogP contribution is -2.47. The first-order chi connectivity index (χ1) is 15.4. The number of aromatic amines is 1. The van der Waals surface area contributed by atoms with E-state index in [2.05, 4.69) is 11.1 Å². The Kier molecular flexibility index (Phi) is 8.00. The minimum absolute atomic E-state index is 0.0328. The number of benzene rings is 2. The molecule has 2 aromatic carbocycles. The summed E-state index contributed by atoms with van der Waals surface area (Å²) in [6.07, 6.45) is 2.62. The summed E-state index contributed by atoms with van der Waals surface area (Å²) in [6, 6.07) is 14.0. The normalized spacial score (nSPS) is 11.2. The van der Waals surface area contributed by atoms with Crippen LogP contribution in [-0.4, -0.2) is 59.4 Å². The molecule has 0 bridgehead atoms. The van der Waals surface area contributed by atoms with Crippen LogP contribution in [0.3, 0.4) is 0 Å². The van der Waals surface area contributed by atoms with Gasteiger partial charge in [-0.05, 0) is 49.6 Å². The van der Waals surface area contributed by atoms with Gasteiger partial charge < -0.3 is 19.5 Å². The first-order valence-electron chi connectivity index (χ1n) is 10.7. The highest BCUT2D eigenvalue weighted by Crippen LogP contribution is 2.19. The summed E-state index contributed by atoms with van der Waals surface area (Å²) < 4.78 is 18.3. The number of amides is 2. The van der Waals surface area contributed by atoms with Crippen molar-refractivity contribution in [2.45, 2.75) is 32.9 Å². The molecule has 0 atom stereocenters. The van der Waals surface area contributed by atoms with Crippen LogP contribution in [0.2, 0.25) is 0 Å². The van der Waals surface area contributed by atoms with Crippen molar-refractivity contribution in [2.24, 2.45) is 0 Å². The Morgan fingerprint density at radius 1 is 1.06 bits per heavy atom. The highest BCUT2D eigenvalue weighted by atomic mass is 19.1. The topological polar surface area (TPSA) is 65.6 Å². The van der Waals surface area contributed by atoms with Crippen LogP contribution >= 0.6 is 0 Å². The fourth-order valence-electron chi connectivity index (χ4n) is 3.71. The number of halogens is 1. The molecule has 170 valence electrons. The van der Waals surface area contributed by atoms with Crippen LogP contribution in [-0.2, 0) is 27.3 Å². The minimum atomic E-state index is -0.318. The van der Waals surface area contributed by atoms with Crippen LogP contribution in [0, 0.1) is 5.82 Å². The third-order valence-corrected chi connectivity index (χ3v) is 5.48. The molecule has 32 heavy (non-hydrogen) atoms. The standard InChI is InChI=1S/C25H30FN3O3/c1-18(2)29(25(31)17-32-3)16-24(30)28(15-19-8-10-21(26)11-9-19)13-12-20-14-27-23-7-5-4-6-22(20)23/h4-11,14,18,27H,12-13,15-17H2,1-3H3. The van der Waals surface area contributed by atoms with E-state index >= 15 is 0 Å². The predicted molar refractivity (Wildman–Crippen MR) is 123 cm³/mol. The molecule has 0 radical (unpaired) electrons. The molecule has 0 saturated carbocycles. The molecule has 0 unspecified atom stereocenters. The Hall–Kier alpha value is -3.19. The van der Waals surface area contributed by atoms with Crippen molar-refractivity contribution in [3.05, 3.63) is 71.7 Å². The van der Waals surface area contributed by atoms with Gasteiger partial charge in [0.05, 0.1) is 0 Å². The van der Waals surface area contributed by atoms with Crippen molar-refractivity contribution in [3.63, 3.8) is 0 Å². The van der Waals surface area contributed by atoms with Crippen LogP contribution in [0.25, 0.3) is 10.9 Å². The lowest BCUT2D eigenvalue weighted by atomic mass is 10.1. The SMILES string of the molecule is COCC(=O)N(CC(=O)N(CCc1c[nH]c2ccccc12)Cc1ccc(F)cc1)C(C)C. The van der Waals surface area contributed by atoms with E-state index in [1.165, 1.54) is 24.1 Å². The molecule has 0 aliphatic heterocycles. The molecule has 0 aliphatic carbocycles. The number of methoxy groups -OCH3 is 1. The highest BCUT2D eigenvalue weighted by Gasteiger charge is 2.23. The zero-order valence-corrected chi connectivity index (χ0v) is 18.8. The largest absolute Gasteiger partial charge is 0.375 e. The Labute approximate surface area is 188 Å². The summed E-state index contributed by atoms with van der Waals surface area (Å²) in [5.74, 6) is -0.705. The van der Waals surface area contributed by atoms with Gasteiger partial charge in [0.1, 0.15) is 19.0 Å². The Balaban J connectivity index is 1.78. The van der Waals surface area contributed by atoms with Crippen molar-refractivity contribution in [1.29, 1.82) is 0 Å². The minimum Gasteiger partial charge on any atom is -0.375 e. The van der Waals surface area contributed by atoms with Gasteiger partial charge in [-0.3, -0.25) is 9.59 Å². The maximum absolute atomic E-state index is 13.3. The fraction of sp³-hybridized carbons (Fsp3) is 0.360. The summed E-state index contributed by atoms with van der Waals surface area (Å²) >= 11 is 0. The number of carbonyl (C=O) groups excluding carboxylic acids is 2. The van der Waals surface area contributed by atoms with Gasteiger partial charge in [0, 0.05) is 43.3 Å². The molecule has 3 aromatic rings. The molecule has 0 fully saturated rings. The number of nitrogens with one attached hydrogen (secondary N) is 1. The fourth-order valence-corrected chi connectivity index (χ4v) is 3.71. The van der Waals surface area contributed by atoms with Crippen LogP contribution < -0.4 is 0 Å². The van der Waals surface area contributed by atoms with E-state index in [1.54, 1.807) is 17.0 Å². The lowest BCUT2D eigenvalue weighted by Gasteiger charge is -2.30. The number of para-hydroxylation sites is 1. The summed E-state index contributed by atoms with van der Waals surface area (Å²) in [5.41, 5.74) is 3.00. The van der Waals surface area contributed by atoms with E-state index in [0.717, 1.165) is 22.0 Å². The number of hydrogen-bond acceptors (Lipinski definition) is 3. The summed E-state index contributed by atoms with van der Waals surface area (Å²) in [6.45, 7) is 4.45. The van der Waals surface area contributed by atoms with Crippen molar-refractivity contribution in [2.75, 3.05) is 26.8 Å². The molecular weight excluding hydrogens is 409 g/mol. The molecule has 1 aromatic heterocycles. The van der Waals surface area contributed by atoms with Gasteiger partial charge in [-0.1, -0.05) is 30.3 Å². The van der Waals surface area contributed by atoms with Crippen LogP contribution in [0.5, 0.6) is 0 Å². The molecule has 0 spiro atoms. The van der Waals surface area contributed by atoms with Crippen LogP contribution in [0.15, 0.2) is 54.7 Å². The second-order valence-corrected chi connectivity index (χ2v) is 8.10. The maximum atomic E-state index is 13.3. The van der Waals surface area contributed by atoms with Crippen molar-refractivity contribution >= 4 is 22.7 Å². The lowest BCUT2D eigenvalue weighted by molar-refractivity contribution is -0.144. The second-order valence-electron chi connectivity index (χ2n) is 8.10. The second kappa shape index (κ2) is 10.9. The van der Waals surface area contributed by atoms with E-state index < -0.39 is 0 Å². The number of rotatable bonds is 10. The first kappa shape index (κ1) is 23.5. The van der Waals surface area contributed by atoms with E-state index in [1.807, 2.05) is 38.2 Å². The zero-order valence-electron chi connectivity index (χ0n) is 18.8. The molecule has 1 heterocycles. The first-order valence-corrected chi connectivity index (χ1v) is 10.7. The molecular formula is C25H30FN3O3. The third kappa shape index (κ3) is 5.95. The van der Waals surface area contributed by atoms with Gasteiger partial charge in [0.25, 0.3) is 0 Å². The van der Waals surface area contributed by atoms with Gasteiger partial charge in [-0.15, -0.1) is 0 Å². The zero-order chi connectivity index (χ0) is 23.1. The van der Waals surface area contributed by atoms with Gasteiger partial charge >= 0.3 is 0 Å². The summed E-state index contributed by atoms with van der Waals surface area (Å²) in [7, 11) is 1.46. The van der Waals surface area contributed by atoms with Crippen LogP contribution in [0.1, 0.15) is 25.0 Å². The number of H-pyrrole nitrogens is 1. The molecule has 0 aliphatic rings. The van der Waals surface area contributed by atoms with Gasteiger partial charge in [-0.2, -0.15) is 0 Å². The Morgan fingerprint density at radius 2 is 1.78 bits per heavy atom.